The molecule has 4 nitrogen and oxygen atoms in total. The average Bonchev–Trinajstić information content (AvgIpc) is 2.84. The molecule has 2 aliphatic heterocycles. The largest absolute Gasteiger partial charge is 0.374 e. The van der Waals surface area contributed by atoms with Gasteiger partial charge in [-0.25, -0.2) is 0 Å². The van der Waals surface area contributed by atoms with Crippen molar-refractivity contribution in [3.8, 4) is 0 Å². The molecule has 0 aromatic rings. The Labute approximate surface area is 126 Å². The maximum absolute atomic E-state index is 5.77. The molecule has 3 aliphatic rings. The highest BCUT2D eigenvalue weighted by atomic mass is 32.2. The second kappa shape index (κ2) is 6.24. The van der Waals surface area contributed by atoms with Gasteiger partial charge in [0.2, 0.25) is 0 Å². The first-order valence-electron chi connectivity index (χ1n) is 7.91. The fraction of sp³-hybridized carbons (Fsp3) is 0.933. The minimum atomic E-state index is 0.270. The molecule has 1 saturated carbocycles. The van der Waals surface area contributed by atoms with Crippen molar-refractivity contribution in [2.75, 3.05) is 39.0 Å². The van der Waals surface area contributed by atoms with Crippen molar-refractivity contribution in [1.82, 2.24) is 10.2 Å². The lowest BCUT2D eigenvalue weighted by atomic mass is 9.78. The van der Waals surface area contributed by atoms with Gasteiger partial charge < -0.3 is 15.0 Å². The van der Waals surface area contributed by atoms with E-state index in [2.05, 4.69) is 24.2 Å². The van der Waals surface area contributed by atoms with Crippen molar-refractivity contribution in [2.24, 2.45) is 10.9 Å². The van der Waals surface area contributed by atoms with E-state index in [9.17, 15) is 0 Å². The van der Waals surface area contributed by atoms with Gasteiger partial charge in [0.15, 0.2) is 5.17 Å². The van der Waals surface area contributed by atoms with Gasteiger partial charge in [-0.15, -0.1) is 0 Å². The number of likely N-dealkylation sites (N-methyl/N-ethyl adjacent to an activating group) is 1. The van der Waals surface area contributed by atoms with Crippen LogP contribution in [0.2, 0.25) is 0 Å². The van der Waals surface area contributed by atoms with Crippen molar-refractivity contribution in [1.29, 1.82) is 0 Å². The zero-order chi connectivity index (χ0) is 14.0. The minimum absolute atomic E-state index is 0.270. The lowest BCUT2D eigenvalue weighted by Gasteiger charge is -2.35. The van der Waals surface area contributed by atoms with Gasteiger partial charge in [-0.2, -0.15) is 0 Å². The van der Waals surface area contributed by atoms with E-state index >= 15 is 0 Å². The summed E-state index contributed by atoms with van der Waals surface area (Å²) < 4.78 is 5.77. The normalized spacial score (nSPS) is 41.2. The summed E-state index contributed by atoms with van der Waals surface area (Å²) in [5.41, 5.74) is 0.347. The molecule has 0 amide bonds. The standard InChI is InChI=1S/C15H27N3OS/c1-12-3-5-15(6-4-12)11-20-14(17-15)16-9-13-10-18(2)7-8-19-13/h12-13H,3-11H2,1-2H3,(H,16,17). The zero-order valence-corrected chi connectivity index (χ0v) is 13.5. The van der Waals surface area contributed by atoms with Crippen LogP contribution in [-0.4, -0.2) is 60.8 Å². The molecule has 1 atom stereocenters. The molecule has 0 aromatic heterocycles. The van der Waals surface area contributed by atoms with Crippen LogP contribution in [-0.2, 0) is 4.74 Å². The molecule has 5 heteroatoms. The van der Waals surface area contributed by atoms with E-state index in [-0.39, 0.29) is 6.10 Å². The molecule has 20 heavy (non-hydrogen) atoms. The predicted octanol–water partition coefficient (Wildman–Crippen LogP) is 1.96. The third-order valence-corrected chi connectivity index (χ3v) is 6.07. The van der Waals surface area contributed by atoms with Crippen molar-refractivity contribution in [3.05, 3.63) is 0 Å². The second-order valence-electron chi connectivity index (χ2n) is 6.78. The van der Waals surface area contributed by atoms with Crippen molar-refractivity contribution < 1.29 is 4.74 Å². The van der Waals surface area contributed by atoms with Crippen LogP contribution in [0.3, 0.4) is 0 Å². The predicted molar refractivity (Wildman–Crippen MR) is 85.5 cm³/mol. The lowest BCUT2D eigenvalue weighted by molar-refractivity contribution is -0.0135. The Morgan fingerprint density at radius 2 is 2.25 bits per heavy atom. The van der Waals surface area contributed by atoms with Gasteiger partial charge in [0.25, 0.3) is 0 Å². The van der Waals surface area contributed by atoms with Gasteiger partial charge in [0.05, 0.1) is 19.3 Å². The molecule has 2 heterocycles. The summed E-state index contributed by atoms with van der Waals surface area (Å²) >= 11 is 1.91. The minimum Gasteiger partial charge on any atom is -0.374 e. The Morgan fingerprint density at radius 1 is 1.45 bits per heavy atom. The van der Waals surface area contributed by atoms with Crippen LogP contribution >= 0.6 is 11.8 Å². The number of amidine groups is 1. The molecule has 0 aromatic carbocycles. The van der Waals surface area contributed by atoms with Gasteiger partial charge in [-0.3, -0.25) is 4.99 Å². The number of nitrogens with one attached hydrogen (secondary N) is 1. The fourth-order valence-corrected chi connectivity index (χ4v) is 4.57. The highest BCUT2D eigenvalue weighted by Gasteiger charge is 2.39. The SMILES string of the molecule is CC1CCC2(CC1)CSC(=NCC1CN(C)CCO1)N2. The van der Waals surface area contributed by atoms with Gasteiger partial charge >= 0.3 is 0 Å². The van der Waals surface area contributed by atoms with E-state index < -0.39 is 0 Å². The van der Waals surface area contributed by atoms with Gasteiger partial charge in [0.1, 0.15) is 0 Å². The molecular weight excluding hydrogens is 270 g/mol. The summed E-state index contributed by atoms with van der Waals surface area (Å²) in [5.74, 6) is 2.10. The molecule has 0 bridgehead atoms. The zero-order valence-electron chi connectivity index (χ0n) is 12.7. The summed E-state index contributed by atoms with van der Waals surface area (Å²) in [7, 11) is 2.16. The summed E-state index contributed by atoms with van der Waals surface area (Å²) in [4.78, 5) is 7.09. The summed E-state index contributed by atoms with van der Waals surface area (Å²) in [6.07, 6.45) is 5.60. The van der Waals surface area contributed by atoms with Crippen molar-refractivity contribution in [3.63, 3.8) is 0 Å². The van der Waals surface area contributed by atoms with Crippen LogP contribution in [0.25, 0.3) is 0 Å². The monoisotopic (exact) mass is 297 g/mol. The molecule has 114 valence electrons. The first-order valence-corrected chi connectivity index (χ1v) is 8.89. The van der Waals surface area contributed by atoms with Crippen LogP contribution in [0.5, 0.6) is 0 Å². The maximum Gasteiger partial charge on any atom is 0.157 e. The smallest absolute Gasteiger partial charge is 0.157 e. The molecule has 3 rings (SSSR count). The summed E-state index contributed by atoms with van der Waals surface area (Å²) in [6.45, 7) is 6.06. The molecular formula is C15H27N3OS. The fourth-order valence-electron chi connectivity index (χ4n) is 3.34. The lowest BCUT2D eigenvalue weighted by Crippen LogP contribution is -2.46. The van der Waals surface area contributed by atoms with Gasteiger partial charge in [0, 0.05) is 24.4 Å². The molecule has 0 radical (unpaired) electrons. The Hall–Kier alpha value is -0.260. The number of rotatable bonds is 2. The van der Waals surface area contributed by atoms with Crippen LogP contribution in [0.4, 0.5) is 0 Å². The van der Waals surface area contributed by atoms with Gasteiger partial charge in [-0.05, 0) is 38.6 Å². The van der Waals surface area contributed by atoms with E-state index in [1.807, 2.05) is 11.8 Å². The third kappa shape index (κ3) is 3.49. The van der Waals surface area contributed by atoms with Crippen molar-refractivity contribution >= 4 is 16.9 Å². The summed E-state index contributed by atoms with van der Waals surface area (Å²) in [5, 5.41) is 4.87. The molecule has 1 N–H and O–H groups in total. The topological polar surface area (TPSA) is 36.9 Å². The highest BCUT2D eigenvalue weighted by molar-refractivity contribution is 8.14. The number of morpholine rings is 1. The average molecular weight is 297 g/mol. The Bertz CT molecular complexity index is 366. The third-order valence-electron chi connectivity index (χ3n) is 4.87. The Kier molecular flexibility index (Phi) is 4.58. The number of hydrogen-bond acceptors (Lipinski definition) is 4. The Balaban J connectivity index is 1.50. The number of hydrogen-bond donors (Lipinski definition) is 1. The first-order chi connectivity index (χ1) is 9.65. The first kappa shape index (κ1) is 14.7. The van der Waals surface area contributed by atoms with E-state index in [4.69, 9.17) is 9.73 Å². The van der Waals surface area contributed by atoms with Crippen LogP contribution in [0, 0.1) is 5.92 Å². The number of nitrogens with zero attached hydrogens (tertiary/aromatic N) is 2. The van der Waals surface area contributed by atoms with E-state index in [0.717, 1.165) is 37.3 Å². The quantitative estimate of drug-likeness (QED) is 0.845. The van der Waals surface area contributed by atoms with E-state index in [1.165, 1.54) is 31.4 Å². The van der Waals surface area contributed by atoms with Gasteiger partial charge in [-0.1, -0.05) is 18.7 Å². The molecule has 1 aliphatic carbocycles. The van der Waals surface area contributed by atoms with Crippen LogP contribution < -0.4 is 5.32 Å². The highest BCUT2D eigenvalue weighted by Crippen LogP contribution is 2.38. The second-order valence-corrected chi connectivity index (χ2v) is 7.74. The number of aliphatic imine (C=N–C) groups is 1. The molecule has 3 fully saturated rings. The van der Waals surface area contributed by atoms with Crippen molar-refractivity contribution in [2.45, 2.75) is 44.2 Å². The van der Waals surface area contributed by atoms with E-state index in [1.54, 1.807) is 0 Å². The molecule has 1 spiro atoms. The maximum atomic E-state index is 5.77. The molecule has 1 unspecified atom stereocenters. The van der Waals surface area contributed by atoms with E-state index in [0.29, 0.717) is 5.54 Å². The number of ether oxygens (including phenoxy) is 1. The van der Waals surface area contributed by atoms with Crippen LogP contribution in [0.1, 0.15) is 32.6 Å². The number of thioether (sulfide) groups is 1. The molecule has 2 saturated heterocycles. The Morgan fingerprint density at radius 3 is 3.00 bits per heavy atom. The van der Waals surface area contributed by atoms with Crippen LogP contribution in [0.15, 0.2) is 4.99 Å². The summed E-state index contributed by atoms with van der Waals surface area (Å²) in [6, 6.07) is 0.